The molecule has 1 saturated carbocycles. The molecule has 0 aromatic carbocycles. The lowest BCUT2D eigenvalue weighted by Crippen LogP contribution is -2.10. The molecule has 1 aliphatic carbocycles. The predicted molar refractivity (Wildman–Crippen MR) is 70.9 cm³/mol. The highest BCUT2D eigenvalue weighted by atomic mass is 16.5. The molecule has 3 rings (SSSR count). The maximum Gasteiger partial charge on any atom is 0.237 e. The molecule has 1 fully saturated rings. The fraction of sp³-hybridized carbons (Fsp3) is 0.500. The molecule has 2 aromatic rings. The molecule has 1 aliphatic rings. The van der Waals surface area contributed by atoms with Crippen LogP contribution in [0.4, 0.5) is 0 Å². The zero-order valence-corrected chi connectivity index (χ0v) is 11.4. The summed E-state index contributed by atoms with van der Waals surface area (Å²) in [5.41, 5.74) is 0.619. The Kier molecular flexibility index (Phi) is 3.54. The van der Waals surface area contributed by atoms with Crippen molar-refractivity contribution in [1.82, 2.24) is 20.1 Å². The van der Waals surface area contributed by atoms with Crippen molar-refractivity contribution in [2.45, 2.75) is 44.9 Å². The van der Waals surface area contributed by atoms with Crippen molar-refractivity contribution in [2.24, 2.45) is 0 Å². The maximum atomic E-state index is 12.1. The van der Waals surface area contributed by atoms with E-state index in [1.807, 2.05) is 0 Å². The highest BCUT2D eigenvalue weighted by molar-refractivity contribution is 5.84. The van der Waals surface area contributed by atoms with Gasteiger partial charge < -0.3 is 4.52 Å². The minimum atomic E-state index is -0.248. The van der Waals surface area contributed by atoms with E-state index in [1.165, 1.54) is 0 Å². The number of Topliss-reactive ketones (excluding diaryl/α,β-unsaturated/α-hetero) is 1. The molecular formula is C14H16N4O2. The van der Waals surface area contributed by atoms with Crippen LogP contribution >= 0.6 is 0 Å². The fourth-order valence-corrected chi connectivity index (χ4v) is 2.48. The molecule has 0 radical (unpaired) electrons. The Morgan fingerprint density at radius 2 is 2.15 bits per heavy atom. The van der Waals surface area contributed by atoms with Gasteiger partial charge in [-0.2, -0.15) is 4.98 Å². The van der Waals surface area contributed by atoms with Crippen LogP contribution in [-0.4, -0.2) is 25.9 Å². The van der Waals surface area contributed by atoms with E-state index in [0.717, 1.165) is 25.7 Å². The van der Waals surface area contributed by atoms with Crippen LogP contribution in [-0.2, 0) is 4.79 Å². The van der Waals surface area contributed by atoms with Crippen molar-refractivity contribution in [3.05, 3.63) is 24.0 Å². The molecule has 20 heavy (non-hydrogen) atoms. The number of carbonyl (C=O) groups is 1. The first-order chi connectivity index (χ1) is 9.74. The fourth-order valence-electron chi connectivity index (χ4n) is 2.48. The van der Waals surface area contributed by atoms with E-state index in [-0.39, 0.29) is 11.7 Å². The summed E-state index contributed by atoms with van der Waals surface area (Å²) in [6, 6.07) is 1.73. The van der Waals surface area contributed by atoms with E-state index in [1.54, 1.807) is 19.2 Å². The average molecular weight is 272 g/mol. The zero-order chi connectivity index (χ0) is 13.9. The number of hydrogen-bond acceptors (Lipinski definition) is 6. The van der Waals surface area contributed by atoms with Crippen molar-refractivity contribution in [1.29, 1.82) is 0 Å². The Balaban J connectivity index is 1.87. The summed E-state index contributed by atoms with van der Waals surface area (Å²) < 4.78 is 5.28. The average Bonchev–Trinajstić information content (AvgIpc) is 2.82. The molecule has 0 amide bonds. The first kappa shape index (κ1) is 12.9. The van der Waals surface area contributed by atoms with E-state index in [0.29, 0.717) is 29.7 Å². The van der Waals surface area contributed by atoms with Gasteiger partial charge >= 0.3 is 0 Å². The molecule has 1 unspecified atom stereocenters. The molecule has 1 atom stereocenters. The lowest BCUT2D eigenvalue weighted by atomic mass is 9.99. The Hall–Kier alpha value is -2.11. The van der Waals surface area contributed by atoms with Gasteiger partial charge in [0.15, 0.2) is 0 Å². The first-order valence-electron chi connectivity index (χ1n) is 6.90. The lowest BCUT2D eigenvalue weighted by molar-refractivity contribution is -0.120. The summed E-state index contributed by atoms with van der Waals surface area (Å²) in [6.07, 6.45) is 6.14. The number of rotatable bonds is 2. The molecule has 0 aliphatic heterocycles. The van der Waals surface area contributed by atoms with Gasteiger partial charge in [0, 0.05) is 12.6 Å². The Bertz CT molecular complexity index is 623. The number of ketones is 1. The highest BCUT2D eigenvalue weighted by Gasteiger charge is 2.28. The van der Waals surface area contributed by atoms with Gasteiger partial charge in [-0.15, -0.1) is 0 Å². The molecule has 6 nitrogen and oxygen atoms in total. The van der Waals surface area contributed by atoms with Crippen molar-refractivity contribution in [2.75, 3.05) is 0 Å². The summed E-state index contributed by atoms with van der Waals surface area (Å²) in [4.78, 5) is 24.7. The molecule has 2 heterocycles. The highest BCUT2D eigenvalue weighted by Crippen LogP contribution is 2.29. The molecule has 0 saturated heterocycles. The number of hydrogen-bond donors (Lipinski definition) is 0. The predicted octanol–water partition coefficient (Wildman–Crippen LogP) is 2.45. The second-order valence-corrected chi connectivity index (χ2v) is 5.06. The third-order valence-electron chi connectivity index (χ3n) is 3.55. The quantitative estimate of drug-likeness (QED) is 0.781. The first-order valence-corrected chi connectivity index (χ1v) is 6.90. The summed E-state index contributed by atoms with van der Waals surface area (Å²) in [6.45, 7) is 1.80. The van der Waals surface area contributed by atoms with Crippen LogP contribution < -0.4 is 0 Å². The summed E-state index contributed by atoms with van der Waals surface area (Å²) in [5, 5.41) is 3.94. The van der Waals surface area contributed by atoms with Crippen LogP contribution in [0.2, 0.25) is 0 Å². The monoisotopic (exact) mass is 272 g/mol. The van der Waals surface area contributed by atoms with Crippen molar-refractivity contribution in [3.8, 4) is 11.5 Å². The Morgan fingerprint density at radius 1 is 1.25 bits per heavy atom. The molecule has 0 spiro atoms. The van der Waals surface area contributed by atoms with Crippen LogP contribution in [0.15, 0.2) is 16.8 Å². The molecule has 2 aromatic heterocycles. The van der Waals surface area contributed by atoms with E-state index in [9.17, 15) is 4.79 Å². The summed E-state index contributed by atoms with van der Waals surface area (Å²) >= 11 is 0. The Labute approximate surface area is 116 Å². The van der Waals surface area contributed by atoms with Crippen molar-refractivity contribution < 1.29 is 9.32 Å². The van der Waals surface area contributed by atoms with Crippen molar-refractivity contribution >= 4 is 5.78 Å². The number of aryl methyl sites for hydroxylation is 1. The van der Waals surface area contributed by atoms with E-state index < -0.39 is 0 Å². The maximum absolute atomic E-state index is 12.1. The minimum absolute atomic E-state index is 0.205. The minimum Gasteiger partial charge on any atom is -0.338 e. The van der Waals surface area contributed by atoms with Gasteiger partial charge in [0.2, 0.25) is 11.7 Å². The third-order valence-corrected chi connectivity index (χ3v) is 3.55. The van der Waals surface area contributed by atoms with E-state index >= 15 is 0 Å². The van der Waals surface area contributed by atoms with Gasteiger partial charge in [0.1, 0.15) is 17.3 Å². The van der Waals surface area contributed by atoms with Gasteiger partial charge in [-0.25, -0.2) is 9.97 Å². The van der Waals surface area contributed by atoms with Gasteiger partial charge in [0.25, 0.3) is 0 Å². The third kappa shape index (κ3) is 2.59. The van der Waals surface area contributed by atoms with Crippen LogP contribution in [0.1, 0.15) is 49.7 Å². The van der Waals surface area contributed by atoms with Gasteiger partial charge in [-0.1, -0.05) is 18.0 Å². The van der Waals surface area contributed by atoms with Crippen molar-refractivity contribution in [3.63, 3.8) is 0 Å². The van der Waals surface area contributed by atoms with Gasteiger partial charge in [0.05, 0.1) is 5.92 Å². The van der Waals surface area contributed by atoms with Gasteiger partial charge in [-0.05, 0) is 25.8 Å². The number of nitrogens with zero attached hydrogens (tertiary/aromatic N) is 4. The standard InChI is InChI=1S/C14H16N4O2/c1-9-15-8-7-11(16-9)13-17-14(20-18-13)10-5-3-2-4-6-12(10)19/h7-8,10H,2-6H2,1H3. The SMILES string of the molecule is Cc1nccc(-c2noc(C3CCCCCC3=O)n2)n1. The molecule has 6 heteroatoms. The molecule has 0 N–H and O–H groups in total. The van der Waals surface area contributed by atoms with Gasteiger partial charge in [-0.3, -0.25) is 4.79 Å². The molecule has 104 valence electrons. The number of carbonyl (C=O) groups excluding carboxylic acids is 1. The number of aromatic nitrogens is 4. The molecule has 0 bridgehead atoms. The topological polar surface area (TPSA) is 81.8 Å². The normalized spacial score (nSPS) is 19.9. The zero-order valence-electron chi connectivity index (χ0n) is 11.4. The van der Waals surface area contributed by atoms with Crippen LogP contribution in [0.3, 0.4) is 0 Å². The second-order valence-electron chi connectivity index (χ2n) is 5.06. The molecular weight excluding hydrogens is 256 g/mol. The summed E-state index contributed by atoms with van der Waals surface area (Å²) in [7, 11) is 0. The van der Waals surface area contributed by atoms with Crippen LogP contribution in [0, 0.1) is 6.92 Å². The Morgan fingerprint density at radius 3 is 3.00 bits per heavy atom. The second kappa shape index (κ2) is 5.48. The van der Waals surface area contributed by atoms with Crippen LogP contribution in [0.25, 0.3) is 11.5 Å². The largest absolute Gasteiger partial charge is 0.338 e. The van der Waals surface area contributed by atoms with E-state index in [4.69, 9.17) is 4.52 Å². The summed E-state index contributed by atoms with van der Waals surface area (Å²) in [5.74, 6) is 1.45. The van der Waals surface area contributed by atoms with Crippen LogP contribution in [0.5, 0.6) is 0 Å². The smallest absolute Gasteiger partial charge is 0.237 e. The van der Waals surface area contributed by atoms with E-state index in [2.05, 4.69) is 20.1 Å². The lowest BCUT2D eigenvalue weighted by Gasteiger charge is -2.06.